The summed E-state index contributed by atoms with van der Waals surface area (Å²) in [6, 6.07) is 10.5. The highest BCUT2D eigenvalue weighted by Gasteiger charge is 2.48. The number of aromatic nitrogens is 1. The molecule has 1 saturated carbocycles. The fourth-order valence-corrected chi connectivity index (χ4v) is 9.59. The van der Waals surface area contributed by atoms with Crippen LogP contribution in [0.2, 0.25) is 10.0 Å². The number of carbonyl (C=O) groups excluding carboxylic acids is 2. The molecule has 0 atom stereocenters. The van der Waals surface area contributed by atoms with Gasteiger partial charge in [0.05, 0.1) is 32.7 Å². The predicted molar refractivity (Wildman–Crippen MR) is 230 cm³/mol. The molecule has 0 bridgehead atoms. The molecule has 65 heavy (non-hydrogen) atoms. The number of hydrogen-bond acceptors (Lipinski definition) is 8. The quantitative estimate of drug-likeness (QED) is 0.0704. The van der Waals surface area contributed by atoms with Crippen LogP contribution in [-0.2, 0) is 35.8 Å². The minimum Gasteiger partial charge on any atom is -0.487 e. The van der Waals surface area contributed by atoms with Gasteiger partial charge in [-0.15, -0.1) is 0 Å². The van der Waals surface area contributed by atoms with Crippen LogP contribution in [0.3, 0.4) is 0 Å². The van der Waals surface area contributed by atoms with E-state index < -0.39 is 39.9 Å². The number of aryl methyl sites for hydroxylation is 2. The highest BCUT2D eigenvalue weighted by Crippen LogP contribution is 2.38. The van der Waals surface area contributed by atoms with Crippen molar-refractivity contribution in [2.24, 2.45) is 5.92 Å². The molecule has 14 nitrogen and oxygen atoms in total. The number of sulfonamides is 1. The van der Waals surface area contributed by atoms with Crippen molar-refractivity contribution in [1.82, 2.24) is 19.9 Å². The van der Waals surface area contributed by atoms with Crippen LogP contribution in [0.5, 0.6) is 5.75 Å². The number of likely N-dealkylation sites (tertiary alicyclic amines) is 1. The molecule has 23 heteroatoms. The molecule has 2 amide bonds. The maximum atomic E-state index is 14.1. The van der Waals surface area contributed by atoms with Gasteiger partial charge in [-0.2, -0.15) is 31.1 Å². The first-order chi connectivity index (χ1) is 30.0. The van der Waals surface area contributed by atoms with E-state index >= 15 is 0 Å². The number of carboxylic acid groups (broad SMARTS) is 2. The van der Waals surface area contributed by atoms with E-state index in [9.17, 15) is 44.3 Å². The number of amides is 2. The molecular formula is C42H54Cl2F6N5O9S+. The number of alkyl halides is 6. The summed E-state index contributed by atoms with van der Waals surface area (Å²) in [7, 11) is 2.28. The number of unbranched alkanes of at least 4 members (excludes halogenated alkanes) is 2. The van der Waals surface area contributed by atoms with Crippen molar-refractivity contribution in [2.45, 2.75) is 101 Å². The number of carbonyl (C=O) groups is 4. The number of quaternary nitrogens is 1. The van der Waals surface area contributed by atoms with Gasteiger partial charge in [-0.05, 0) is 88.6 Å². The van der Waals surface area contributed by atoms with Gasteiger partial charge < -0.3 is 29.6 Å². The van der Waals surface area contributed by atoms with E-state index in [4.69, 9.17) is 47.7 Å². The number of ether oxygens (including phenoxy) is 1. The van der Waals surface area contributed by atoms with Crippen LogP contribution in [0, 0.1) is 19.8 Å². The van der Waals surface area contributed by atoms with E-state index in [1.165, 1.54) is 12.1 Å². The third-order valence-corrected chi connectivity index (χ3v) is 13.1. The zero-order valence-electron chi connectivity index (χ0n) is 36.5. The summed E-state index contributed by atoms with van der Waals surface area (Å²) in [6.07, 6.45) is -3.76. The van der Waals surface area contributed by atoms with Crippen LogP contribution in [-0.4, -0.2) is 122 Å². The molecule has 2 aromatic carbocycles. The highest BCUT2D eigenvalue weighted by atomic mass is 35.5. The number of pyridine rings is 1. The second-order valence-corrected chi connectivity index (χ2v) is 19.2. The molecule has 0 unspecified atom stereocenters. The highest BCUT2D eigenvalue weighted by molar-refractivity contribution is 7.89. The van der Waals surface area contributed by atoms with Crippen LogP contribution in [0.4, 0.5) is 26.3 Å². The molecule has 5 rings (SSSR count). The minimum atomic E-state index is -5.08. The number of para-hydroxylation sites is 1. The third kappa shape index (κ3) is 16.1. The Kier molecular flexibility index (Phi) is 19.3. The molecule has 1 aliphatic heterocycles. The summed E-state index contributed by atoms with van der Waals surface area (Å²) < 4.78 is 101. The topological polar surface area (TPSA) is 192 Å². The Morgan fingerprint density at radius 3 is 2.02 bits per heavy atom. The summed E-state index contributed by atoms with van der Waals surface area (Å²) in [6.45, 7) is 6.39. The van der Waals surface area contributed by atoms with Crippen molar-refractivity contribution in [3.05, 3.63) is 63.3 Å². The zero-order valence-corrected chi connectivity index (χ0v) is 38.8. The number of rotatable bonds is 14. The first kappa shape index (κ1) is 54.9. The van der Waals surface area contributed by atoms with E-state index in [0.717, 1.165) is 46.9 Å². The Hall–Kier alpha value is -4.44. The van der Waals surface area contributed by atoms with Crippen molar-refractivity contribution in [2.75, 3.05) is 47.3 Å². The maximum Gasteiger partial charge on any atom is 0.490 e. The lowest BCUT2D eigenvalue weighted by molar-refractivity contribution is -0.870. The average Bonchev–Trinajstić information content (AvgIpc) is 3.67. The molecule has 0 spiro atoms. The summed E-state index contributed by atoms with van der Waals surface area (Å²) in [5, 5.41) is 18.5. The minimum absolute atomic E-state index is 0.0316. The number of fused-ring (bicyclic) bond motifs is 1. The van der Waals surface area contributed by atoms with Crippen LogP contribution in [0.25, 0.3) is 10.9 Å². The van der Waals surface area contributed by atoms with Crippen molar-refractivity contribution in [1.29, 1.82) is 0 Å². The molecule has 2 aliphatic rings. The second kappa shape index (κ2) is 22.8. The normalized spacial score (nSPS) is 15.6. The third-order valence-electron chi connectivity index (χ3n) is 10.6. The van der Waals surface area contributed by atoms with Crippen LogP contribution in [0.15, 0.2) is 41.3 Å². The maximum absolute atomic E-state index is 14.1. The fourth-order valence-electron chi connectivity index (χ4n) is 7.28. The standard InChI is InChI=1S/C38H51Cl2N5O5S.2C2HF3O2/c1-26-24-27(2)42-35-29(26)12-11-13-32(35)50-25-30-31(39)14-15-33(34(30)40)51(48,49)43-38(18-7-8-19-38)37(47)44-21-16-28(17-22-44)36(46)41-20-9-6-10-23-45(3,4)5;2*3-2(4,5)1(6)7/h11-15,24,28,43H,6-10,16-23,25H2,1-5H3;2*(H,6,7)/p+1. The van der Waals surface area contributed by atoms with Crippen molar-refractivity contribution >= 4 is 67.9 Å². The van der Waals surface area contributed by atoms with E-state index in [1.54, 1.807) is 11.0 Å². The molecule has 362 valence electrons. The number of carboxylic acids is 2. The molecule has 1 aromatic heterocycles. The Morgan fingerprint density at radius 2 is 1.48 bits per heavy atom. The van der Waals surface area contributed by atoms with Gasteiger partial charge in [0.2, 0.25) is 21.8 Å². The fraction of sp³-hybridized carbons (Fsp3) is 0.548. The molecule has 0 radical (unpaired) electrons. The van der Waals surface area contributed by atoms with Crippen molar-refractivity contribution in [3.8, 4) is 5.75 Å². The summed E-state index contributed by atoms with van der Waals surface area (Å²) in [5.74, 6) is -5.37. The number of aliphatic carboxylic acids is 2. The predicted octanol–water partition coefficient (Wildman–Crippen LogP) is 7.83. The Morgan fingerprint density at radius 1 is 0.908 bits per heavy atom. The molecule has 1 aliphatic carbocycles. The van der Waals surface area contributed by atoms with Gasteiger partial charge in [0.1, 0.15) is 28.3 Å². The lowest BCUT2D eigenvalue weighted by Crippen LogP contribution is -2.59. The van der Waals surface area contributed by atoms with Gasteiger partial charge in [0.25, 0.3) is 0 Å². The molecule has 2 fully saturated rings. The lowest BCUT2D eigenvalue weighted by Gasteiger charge is -2.38. The number of hydrogen-bond donors (Lipinski definition) is 4. The number of piperidine rings is 1. The average molecular weight is 990 g/mol. The summed E-state index contributed by atoms with van der Waals surface area (Å²) in [4.78, 5) is 51.0. The SMILES string of the molecule is Cc1cc(C)c2cccc(OCc3c(Cl)ccc(S(=O)(=O)NC4(C(=O)N5CCC(C(=O)NCCCCC[N+](C)(C)C)CC5)CCCC4)c3Cl)c2n1.O=C(O)C(F)(F)F.O=C(O)C(F)(F)F. The Labute approximate surface area is 383 Å². The summed E-state index contributed by atoms with van der Waals surface area (Å²) in [5.41, 5.74) is 1.64. The number of halogens is 8. The lowest BCUT2D eigenvalue weighted by atomic mass is 9.92. The molecule has 4 N–H and O–H groups in total. The van der Waals surface area contributed by atoms with E-state index in [-0.39, 0.29) is 39.3 Å². The van der Waals surface area contributed by atoms with Crippen LogP contribution >= 0.6 is 23.2 Å². The number of benzene rings is 2. The molecular weight excluding hydrogens is 935 g/mol. The first-order valence-corrected chi connectivity index (χ1v) is 22.7. The number of nitrogens with zero attached hydrogens (tertiary/aromatic N) is 3. The van der Waals surface area contributed by atoms with Gasteiger partial charge in [-0.25, -0.2) is 23.0 Å². The first-order valence-electron chi connectivity index (χ1n) is 20.5. The van der Waals surface area contributed by atoms with Gasteiger partial charge in [-0.1, -0.05) is 48.2 Å². The van der Waals surface area contributed by atoms with Crippen LogP contribution in [0.1, 0.15) is 74.6 Å². The second-order valence-electron chi connectivity index (χ2n) is 16.8. The van der Waals surface area contributed by atoms with E-state index in [1.807, 2.05) is 32.0 Å². The van der Waals surface area contributed by atoms with Gasteiger partial charge in [0, 0.05) is 47.2 Å². The molecule has 1 saturated heterocycles. The summed E-state index contributed by atoms with van der Waals surface area (Å²) >= 11 is 13.3. The largest absolute Gasteiger partial charge is 0.490 e. The van der Waals surface area contributed by atoms with E-state index in [2.05, 4.69) is 36.2 Å². The van der Waals surface area contributed by atoms with Crippen LogP contribution < -0.4 is 14.8 Å². The van der Waals surface area contributed by atoms with Gasteiger partial charge in [-0.3, -0.25) is 9.59 Å². The smallest absolute Gasteiger partial charge is 0.487 e. The van der Waals surface area contributed by atoms with Crippen molar-refractivity contribution < 1.29 is 73.4 Å². The van der Waals surface area contributed by atoms with Gasteiger partial charge >= 0.3 is 24.3 Å². The molecule has 2 heterocycles. The Bertz CT molecular complexity index is 2260. The molecule has 3 aromatic rings. The van der Waals surface area contributed by atoms with E-state index in [0.29, 0.717) is 75.0 Å². The Balaban J connectivity index is 0.000000693. The van der Waals surface area contributed by atoms with Gasteiger partial charge in [0.15, 0.2) is 0 Å². The number of nitrogens with one attached hydrogen (secondary N) is 2. The van der Waals surface area contributed by atoms with Crippen molar-refractivity contribution in [3.63, 3.8) is 0 Å². The zero-order chi connectivity index (χ0) is 49.1. The monoisotopic (exact) mass is 988 g/mol.